The van der Waals surface area contributed by atoms with Gasteiger partial charge in [0.25, 0.3) is 0 Å². The summed E-state index contributed by atoms with van der Waals surface area (Å²) in [6.45, 7) is 11.0. The largest absolute Gasteiger partial charge is 0.464 e. The van der Waals surface area contributed by atoms with Gasteiger partial charge in [-0.25, -0.2) is 9.59 Å². The van der Waals surface area contributed by atoms with Crippen molar-refractivity contribution in [2.24, 2.45) is 0 Å². The van der Waals surface area contributed by atoms with E-state index in [4.69, 9.17) is 14.2 Å². The molecule has 0 aliphatic carbocycles. The van der Waals surface area contributed by atoms with Crippen molar-refractivity contribution in [1.82, 2.24) is 5.32 Å². The van der Waals surface area contributed by atoms with Crippen molar-refractivity contribution >= 4 is 12.1 Å². The van der Waals surface area contributed by atoms with Crippen LogP contribution in [0, 0.1) is 0 Å². The van der Waals surface area contributed by atoms with Crippen LogP contribution in [-0.2, 0) is 19.0 Å². The lowest BCUT2D eigenvalue weighted by Gasteiger charge is -2.26. The highest BCUT2D eigenvalue weighted by Gasteiger charge is 2.23. The van der Waals surface area contributed by atoms with E-state index in [0.717, 1.165) is 0 Å². The topological polar surface area (TPSA) is 73.9 Å². The van der Waals surface area contributed by atoms with Crippen LogP contribution in [0.25, 0.3) is 0 Å². The number of nitrogens with one attached hydrogen (secondary N) is 1. The molecule has 0 aliphatic heterocycles. The van der Waals surface area contributed by atoms with Crippen LogP contribution in [0.5, 0.6) is 0 Å². The number of ether oxygens (including phenoxy) is 3. The zero-order valence-corrected chi connectivity index (χ0v) is 12.7. The highest BCUT2D eigenvalue weighted by Crippen LogP contribution is 2.10. The number of amides is 1. The first kappa shape index (κ1) is 17.7. The molecular weight excluding hydrogens is 250 g/mol. The molecule has 0 unspecified atom stereocenters. The van der Waals surface area contributed by atoms with Crippen LogP contribution in [0.4, 0.5) is 4.79 Å². The average molecular weight is 275 g/mol. The number of alkyl carbamates (subject to hydrolysis) is 1. The number of carbonyl (C=O) groups is 2. The molecule has 0 aliphatic rings. The van der Waals surface area contributed by atoms with Crippen molar-refractivity contribution in [3.8, 4) is 0 Å². The highest BCUT2D eigenvalue weighted by atomic mass is 16.6. The number of rotatable bonds is 6. The molecule has 1 N–H and O–H groups in total. The molecule has 0 aromatic carbocycles. The van der Waals surface area contributed by atoms with Gasteiger partial charge in [0.15, 0.2) is 0 Å². The molecule has 0 spiro atoms. The predicted molar refractivity (Wildman–Crippen MR) is 70.9 cm³/mol. The summed E-state index contributed by atoms with van der Waals surface area (Å²) in [6, 6.07) is 0. The van der Waals surface area contributed by atoms with Crippen molar-refractivity contribution in [3.63, 3.8) is 0 Å². The molecule has 0 saturated heterocycles. The monoisotopic (exact) mass is 275 g/mol. The van der Waals surface area contributed by atoms with Gasteiger partial charge in [0.1, 0.15) is 12.2 Å². The Balaban J connectivity index is 4.02. The van der Waals surface area contributed by atoms with E-state index in [-0.39, 0.29) is 13.2 Å². The fraction of sp³-hybridized carbons (Fsp3) is 0.846. The van der Waals surface area contributed by atoms with Crippen molar-refractivity contribution < 1.29 is 23.8 Å². The Morgan fingerprint density at radius 3 is 2.16 bits per heavy atom. The third-order valence-corrected chi connectivity index (χ3v) is 1.94. The molecule has 0 rings (SSSR count). The van der Waals surface area contributed by atoms with Crippen LogP contribution in [0.3, 0.4) is 0 Å². The summed E-state index contributed by atoms with van der Waals surface area (Å²) < 4.78 is 15.2. The Morgan fingerprint density at radius 1 is 1.11 bits per heavy atom. The fourth-order valence-electron chi connectivity index (χ4n) is 1.11. The van der Waals surface area contributed by atoms with Crippen LogP contribution >= 0.6 is 0 Å². The number of hydrogen-bond donors (Lipinski definition) is 1. The van der Waals surface area contributed by atoms with Crippen molar-refractivity contribution in [1.29, 1.82) is 0 Å². The molecule has 0 fully saturated rings. The molecule has 0 atom stereocenters. The van der Waals surface area contributed by atoms with E-state index in [2.05, 4.69) is 5.32 Å². The molecule has 6 nitrogen and oxygen atoms in total. The molecular formula is C13H25NO5. The Morgan fingerprint density at radius 2 is 1.68 bits per heavy atom. The highest BCUT2D eigenvalue weighted by molar-refractivity contribution is 5.70. The summed E-state index contributed by atoms with van der Waals surface area (Å²) in [5.41, 5.74) is -1.22. The molecule has 112 valence electrons. The second-order valence-electron chi connectivity index (χ2n) is 5.71. The van der Waals surface area contributed by atoms with Gasteiger partial charge < -0.3 is 19.5 Å². The van der Waals surface area contributed by atoms with Crippen LogP contribution in [0.2, 0.25) is 0 Å². The molecule has 0 saturated carbocycles. The van der Waals surface area contributed by atoms with Gasteiger partial charge in [0.05, 0.1) is 12.2 Å². The maximum Gasteiger partial charge on any atom is 0.407 e. The lowest BCUT2D eigenvalue weighted by atomic mass is 10.1. The summed E-state index contributed by atoms with van der Waals surface area (Å²) in [5, 5.41) is 2.60. The van der Waals surface area contributed by atoms with E-state index in [1.54, 1.807) is 41.5 Å². The minimum absolute atomic E-state index is 0.142. The molecule has 0 aromatic rings. The van der Waals surface area contributed by atoms with Crippen LogP contribution in [-0.4, -0.2) is 43.0 Å². The van der Waals surface area contributed by atoms with E-state index in [9.17, 15) is 9.59 Å². The lowest BCUT2D eigenvalue weighted by Crippen LogP contribution is -2.43. The molecule has 6 heteroatoms. The van der Waals surface area contributed by atoms with Crippen LogP contribution < -0.4 is 5.32 Å². The standard InChI is InChI=1S/C13H25NO5/c1-7-17-10(15)8-18-13(5,6)9-14-11(16)19-12(2,3)4/h7-9H2,1-6H3,(H,14,16). The summed E-state index contributed by atoms with van der Waals surface area (Å²) in [7, 11) is 0. The molecule has 0 heterocycles. The maximum atomic E-state index is 11.5. The maximum absolute atomic E-state index is 11.5. The lowest BCUT2D eigenvalue weighted by molar-refractivity contribution is -0.153. The summed E-state index contributed by atoms with van der Waals surface area (Å²) in [6.07, 6.45) is -0.514. The fourth-order valence-corrected chi connectivity index (χ4v) is 1.11. The Kier molecular flexibility index (Phi) is 6.83. The van der Waals surface area contributed by atoms with Gasteiger partial charge in [-0.1, -0.05) is 0 Å². The van der Waals surface area contributed by atoms with Gasteiger partial charge >= 0.3 is 12.1 Å². The molecule has 0 bridgehead atoms. The summed E-state index contributed by atoms with van der Waals surface area (Å²) in [4.78, 5) is 22.6. The Labute approximate surface area is 114 Å². The first-order valence-corrected chi connectivity index (χ1v) is 6.32. The smallest absolute Gasteiger partial charge is 0.407 e. The first-order valence-electron chi connectivity index (χ1n) is 6.32. The van der Waals surface area contributed by atoms with E-state index in [1.165, 1.54) is 0 Å². The third-order valence-electron chi connectivity index (χ3n) is 1.94. The molecule has 1 amide bonds. The van der Waals surface area contributed by atoms with Crippen LogP contribution in [0.1, 0.15) is 41.5 Å². The number of hydrogen-bond acceptors (Lipinski definition) is 5. The SMILES string of the molecule is CCOC(=O)COC(C)(C)CNC(=O)OC(C)(C)C. The minimum atomic E-state index is -0.677. The van der Waals surface area contributed by atoms with E-state index < -0.39 is 23.3 Å². The van der Waals surface area contributed by atoms with Crippen molar-refractivity contribution in [2.75, 3.05) is 19.8 Å². The minimum Gasteiger partial charge on any atom is -0.464 e. The van der Waals surface area contributed by atoms with Crippen LogP contribution in [0.15, 0.2) is 0 Å². The van der Waals surface area contributed by atoms with Gasteiger partial charge in [-0.2, -0.15) is 0 Å². The Hall–Kier alpha value is -1.30. The number of esters is 1. The summed E-state index contributed by atoms with van der Waals surface area (Å²) >= 11 is 0. The molecule has 19 heavy (non-hydrogen) atoms. The van der Waals surface area contributed by atoms with E-state index in [0.29, 0.717) is 6.61 Å². The third kappa shape index (κ3) is 10.3. The van der Waals surface area contributed by atoms with E-state index in [1.807, 2.05) is 0 Å². The summed E-state index contributed by atoms with van der Waals surface area (Å²) in [5.74, 6) is -0.423. The predicted octanol–water partition coefficient (Wildman–Crippen LogP) is 1.87. The van der Waals surface area contributed by atoms with Gasteiger partial charge in [0, 0.05) is 6.54 Å². The quantitative estimate of drug-likeness (QED) is 0.749. The van der Waals surface area contributed by atoms with Gasteiger partial charge in [-0.3, -0.25) is 0 Å². The molecule has 0 radical (unpaired) electrons. The van der Waals surface area contributed by atoms with Gasteiger partial charge in [0.2, 0.25) is 0 Å². The molecule has 0 aromatic heterocycles. The number of carbonyl (C=O) groups excluding carboxylic acids is 2. The average Bonchev–Trinajstić information content (AvgIpc) is 2.22. The first-order chi connectivity index (χ1) is 8.56. The second-order valence-corrected chi connectivity index (χ2v) is 5.71. The van der Waals surface area contributed by atoms with Gasteiger partial charge in [-0.05, 0) is 41.5 Å². The zero-order valence-electron chi connectivity index (χ0n) is 12.7. The normalized spacial score (nSPS) is 11.9. The van der Waals surface area contributed by atoms with Crippen molar-refractivity contribution in [3.05, 3.63) is 0 Å². The van der Waals surface area contributed by atoms with E-state index >= 15 is 0 Å². The Bertz CT molecular complexity index is 307. The van der Waals surface area contributed by atoms with Crippen molar-refractivity contribution in [2.45, 2.75) is 52.7 Å². The van der Waals surface area contributed by atoms with Gasteiger partial charge in [-0.15, -0.1) is 0 Å². The second kappa shape index (κ2) is 7.33. The zero-order chi connectivity index (χ0) is 15.1.